The van der Waals surface area contributed by atoms with Gasteiger partial charge in [-0.15, -0.1) is 11.3 Å². The molecule has 1 saturated heterocycles. The maximum Gasteiger partial charge on any atom is 0.0736 e. The van der Waals surface area contributed by atoms with Gasteiger partial charge in [0.25, 0.3) is 0 Å². The minimum atomic E-state index is 0.347. The number of rotatable bonds is 5. The molecule has 3 rings (SSSR count). The summed E-state index contributed by atoms with van der Waals surface area (Å²) in [6, 6.07) is 6.24. The summed E-state index contributed by atoms with van der Waals surface area (Å²) in [6.07, 6.45) is 6.42. The lowest BCUT2D eigenvalue weighted by molar-refractivity contribution is -0.0119. The molecule has 0 saturated carbocycles. The van der Waals surface area contributed by atoms with E-state index in [1.54, 1.807) is 6.20 Å². The molecule has 4 heteroatoms. The molecule has 0 aromatic carbocycles. The Kier molecular flexibility index (Phi) is 5.01. The largest absolute Gasteiger partial charge is 0.372 e. The van der Waals surface area contributed by atoms with E-state index in [0.717, 1.165) is 18.7 Å². The first-order valence-electron chi connectivity index (χ1n) is 7.57. The second-order valence-corrected chi connectivity index (χ2v) is 6.70. The Morgan fingerprint density at radius 1 is 1.43 bits per heavy atom. The smallest absolute Gasteiger partial charge is 0.0736 e. The van der Waals surface area contributed by atoms with E-state index in [1.807, 2.05) is 23.6 Å². The molecule has 0 aliphatic carbocycles. The lowest BCUT2D eigenvalue weighted by Gasteiger charge is -2.32. The topological polar surface area (TPSA) is 25.4 Å². The first-order valence-corrected chi connectivity index (χ1v) is 8.45. The van der Waals surface area contributed by atoms with E-state index < -0.39 is 0 Å². The minimum absolute atomic E-state index is 0.347. The van der Waals surface area contributed by atoms with Gasteiger partial charge in [-0.05, 0) is 54.9 Å². The summed E-state index contributed by atoms with van der Waals surface area (Å²) in [5.74, 6) is 0. The van der Waals surface area contributed by atoms with Gasteiger partial charge in [-0.2, -0.15) is 0 Å². The minimum Gasteiger partial charge on any atom is -0.372 e. The molecule has 0 unspecified atom stereocenters. The molecule has 0 amide bonds. The van der Waals surface area contributed by atoms with Crippen LogP contribution in [0.3, 0.4) is 0 Å². The van der Waals surface area contributed by atoms with Crippen molar-refractivity contribution < 1.29 is 4.74 Å². The number of hydrogen-bond donors (Lipinski definition) is 0. The van der Waals surface area contributed by atoms with E-state index in [4.69, 9.17) is 4.74 Å². The molecular weight excluding hydrogens is 280 g/mol. The third-order valence-corrected chi connectivity index (χ3v) is 5.01. The molecule has 0 bridgehead atoms. The van der Waals surface area contributed by atoms with Gasteiger partial charge < -0.3 is 4.74 Å². The molecule has 0 N–H and O–H groups in total. The van der Waals surface area contributed by atoms with E-state index in [9.17, 15) is 0 Å². The Morgan fingerprint density at radius 3 is 3.14 bits per heavy atom. The van der Waals surface area contributed by atoms with Crippen molar-refractivity contribution in [2.75, 3.05) is 13.1 Å². The lowest BCUT2D eigenvalue weighted by atomic mass is 10.1. The van der Waals surface area contributed by atoms with Crippen molar-refractivity contribution in [2.24, 2.45) is 0 Å². The SMILES string of the molecule is Cc1ccsc1CN1CCC[C@H](OCc2cccnc2)C1. The Morgan fingerprint density at radius 2 is 2.38 bits per heavy atom. The van der Waals surface area contributed by atoms with Crippen LogP contribution in [0.1, 0.15) is 28.8 Å². The monoisotopic (exact) mass is 302 g/mol. The number of aromatic nitrogens is 1. The van der Waals surface area contributed by atoms with Crippen LogP contribution in [0.4, 0.5) is 0 Å². The van der Waals surface area contributed by atoms with Crippen LogP contribution >= 0.6 is 11.3 Å². The first kappa shape index (κ1) is 14.7. The van der Waals surface area contributed by atoms with Crippen LogP contribution in [0.25, 0.3) is 0 Å². The van der Waals surface area contributed by atoms with Crippen LogP contribution in [-0.2, 0) is 17.9 Å². The van der Waals surface area contributed by atoms with Gasteiger partial charge in [-0.25, -0.2) is 0 Å². The molecule has 21 heavy (non-hydrogen) atoms. The standard InChI is InChI=1S/C17H22N2OS/c1-14-6-9-21-17(14)12-19-8-3-5-16(11-19)20-13-15-4-2-7-18-10-15/h2,4,6-7,9-10,16H,3,5,8,11-13H2,1H3/t16-/m0/s1. The number of hydrogen-bond acceptors (Lipinski definition) is 4. The summed E-state index contributed by atoms with van der Waals surface area (Å²) in [7, 11) is 0. The predicted molar refractivity (Wildman–Crippen MR) is 86.4 cm³/mol. The third-order valence-electron chi connectivity index (χ3n) is 4.01. The van der Waals surface area contributed by atoms with Crippen molar-refractivity contribution in [3.63, 3.8) is 0 Å². The summed E-state index contributed by atoms with van der Waals surface area (Å²) in [4.78, 5) is 8.15. The van der Waals surface area contributed by atoms with E-state index in [0.29, 0.717) is 12.7 Å². The van der Waals surface area contributed by atoms with Crippen molar-refractivity contribution in [1.29, 1.82) is 0 Å². The fourth-order valence-electron chi connectivity index (χ4n) is 2.76. The van der Waals surface area contributed by atoms with Crippen LogP contribution in [0.2, 0.25) is 0 Å². The quantitative estimate of drug-likeness (QED) is 0.843. The van der Waals surface area contributed by atoms with Crippen molar-refractivity contribution in [1.82, 2.24) is 9.88 Å². The normalized spacial score (nSPS) is 19.8. The molecule has 1 fully saturated rings. The van der Waals surface area contributed by atoms with E-state index >= 15 is 0 Å². The molecule has 3 nitrogen and oxygen atoms in total. The summed E-state index contributed by atoms with van der Waals surface area (Å²) in [6.45, 7) is 6.16. The maximum atomic E-state index is 6.07. The van der Waals surface area contributed by atoms with Crippen LogP contribution in [0.5, 0.6) is 0 Å². The van der Waals surface area contributed by atoms with E-state index in [1.165, 1.54) is 29.8 Å². The van der Waals surface area contributed by atoms with Gasteiger partial charge in [0.15, 0.2) is 0 Å². The Hall–Kier alpha value is -1.23. The summed E-state index contributed by atoms with van der Waals surface area (Å²) < 4.78 is 6.07. The molecule has 0 radical (unpaired) electrons. The molecular formula is C17H22N2OS. The van der Waals surface area contributed by atoms with Crippen molar-refractivity contribution in [3.05, 3.63) is 52.0 Å². The van der Waals surface area contributed by atoms with Gasteiger partial charge in [0.05, 0.1) is 12.7 Å². The van der Waals surface area contributed by atoms with Gasteiger partial charge in [-0.1, -0.05) is 6.07 Å². The average Bonchev–Trinajstić information content (AvgIpc) is 2.92. The van der Waals surface area contributed by atoms with E-state index in [-0.39, 0.29) is 0 Å². The van der Waals surface area contributed by atoms with Crippen molar-refractivity contribution in [3.8, 4) is 0 Å². The molecule has 2 aromatic rings. The summed E-state index contributed by atoms with van der Waals surface area (Å²) in [5.41, 5.74) is 2.57. The van der Waals surface area contributed by atoms with Gasteiger partial charge in [0.2, 0.25) is 0 Å². The highest BCUT2D eigenvalue weighted by Gasteiger charge is 2.21. The van der Waals surface area contributed by atoms with Crippen molar-refractivity contribution >= 4 is 11.3 Å². The number of thiophene rings is 1. The van der Waals surface area contributed by atoms with Gasteiger partial charge in [-0.3, -0.25) is 9.88 Å². The van der Waals surface area contributed by atoms with Gasteiger partial charge in [0.1, 0.15) is 0 Å². The lowest BCUT2D eigenvalue weighted by Crippen LogP contribution is -2.39. The zero-order valence-corrected chi connectivity index (χ0v) is 13.3. The maximum absolute atomic E-state index is 6.07. The highest BCUT2D eigenvalue weighted by molar-refractivity contribution is 7.10. The fraction of sp³-hybridized carbons (Fsp3) is 0.471. The van der Waals surface area contributed by atoms with Crippen LogP contribution < -0.4 is 0 Å². The molecule has 3 heterocycles. The number of pyridine rings is 1. The fourth-order valence-corrected chi connectivity index (χ4v) is 3.71. The Labute approximate surface area is 130 Å². The highest BCUT2D eigenvalue weighted by Crippen LogP contribution is 2.21. The van der Waals surface area contributed by atoms with E-state index in [2.05, 4.69) is 34.3 Å². The highest BCUT2D eigenvalue weighted by atomic mass is 32.1. The molecule has 1 atom stereocenters. The Balaban J connectivity index is 1.50. The number of nitrogens with zero attached hydrogens (tertiary/aromatic N) is 2. The molecule has 112 valence electrons. The third kappa shape index (κ3) is 4.13. The van der Waals surface area contributed by atoms with Crippen LogP contribution in [0, 0.1) is 6.92 Å². The summed E-state index contributed by atoms with van der Waals surface area (Å²) >= 11 is 1.86. The molecule has 1 aliphatic heterocycles. The second kappa shape index (κ2) is 7.16. The average molecular weight is 302 g/mol. The van der Waals surface area contributed by atoms with Crippen LogP contribution in [0.15, 0.2) is 36.0 Å². The Bertz CT molecular complexity index is 555. The molecule has 0 spiro atoms. The first-order chi connectivity index (χ1) is 10.3. The number of piperidine rings is 1. The van der Waals surface area contributed by atoms with Crippen molar-refractivity contribution in [2.45, 2.75) is 39.0 Å². The second-order valence-electron chi connectivity index (χ2n) is 5.70. The number of aryl methyl sites for hydroxylation is 1. The zero-order chi connectivity index (χ0) is 14.5. The molecule has 1 aliphatic rings. The number of likely N-dealkylation sites (tertiary alicyclic amines) is 1. The summed E-state index contributed by atoms with van der Waals surface area (Å²) in [5, 5.41) is 2.19. The molecule has 2 aromatic heterocycles. The van der Waals surface area contributed by atoms with Crippen LogP contribution in [-0.4, -0.2) is 29.1 Å². The van der Waals surface area contributed by atoms with Gasteiger partial charge in [0, 0.05) is 30.4 Å². The zero-order valence-electron chi connectivity index (χ0n) is 12.5. The van der Waals surface area contributed by atoms with Gasteiger partial charge >= 0.3 is 0 Å². The predicted octanol–water partition coefficient (Wildman–Crippen LogP) is 3.63. The number of ether oxygens (including phenoxy) is 1.